The zero-order valence-corrected chi connectivity index (χ0v) is 6.92. The standard InChI is InChI=1S/C9H17NO/c10-8-5-9(11,6-8)7-3-1-2-4-7/h7-8,11H,1-6,10H2. The van der Waals surface area contributed by atoms with Gasteiger partial charge >= 0.3 is 0 Å². The first kappa shape index (κ1) is 7.56. The van der Waals surface area contributed by atoms with E-state index in [2.05, 4.69) is 0 Å². The third-order valence-electron chi connectivity index (χ3n) is 3.35. The van der Waals surface area contributed by atoms with Gasteiger partial charge in [-0.25, -0.2) is 0 Å². The van der Waals surface area contributed by atoms with Gasteiger partial charge in [-0.1, -0.05) is 12.8 Å². The molecule has 3 N–H and O–H groups in total. The second-order valence-corrected chi connectivity index (χ2v) is 4.25. The van der Waals surface area contributed by atoms with Gasteiger partial charge in [-0.05, 0) is 31.6 Å². The van der Waals surface area contributed by atoms with Crippen LogP contribution in [0.15, 0.2) is 0 Å². The highest BCUT2D eigenvalue weighted by Gasteiger charge is 2.47. The maximum absolute atomic E-state index is 10.0. The van der Waals surface area contributed by atoms with Gasteiger partial charge in [0.1, 0.15) is 0 Å². The SMILES string of the molecule is NC1CC(O)(C2CCCC2)C1. The average molecular weight is 155 g/mol. The van der Waals surface area contributed by atoms with E-state index in [1.54, 1.807) is 0 Å². The maximum Gasteiger partial charge on any atom is 0.0705 e. The molecule has 0 saturated heterocycles. The normalized spacial score (nSPS) is 45.8. The van der Waals surface area contributed by atoms with E-state index in [-0.39, 0.29) is 11.6 Å². The summed E-state index contributed by atoms with van der Waals surface area (Å²) in [6, 6.07) is 0.278. The van der Waals surface area contributed by atoms with Gasteiger partial charge in [0, 0.05) is 6.04 Å². The van der Waals surface area contributed by atoms with E-state index in [1.165, 1.54) is 25.7 Å². The molecule has 2 fully saturated rings. The highest BCUT2D eigenvalue weighted by molar-refractivity contribution is 5.01. The molecule has 2 rings (SSSR count). The van der Waals surface area contributed by atoms with Gasteiger partial charge in [0.2, 0.25) is 0 Å². The zero-order valence-electron chi connectivity index (χ0n) is 6.92. The maximum atomic E-state index is 10.0. The minimum Gasteiger partial charge on any atom is -0.389 e. The van der Waals surface area contributed by atoms with Crippen molar-refractivity contribution in [2.75, 3.05) is 0 Å². The summed E-state index contributed by atoms with van der Waals surface area (Å²) in [4.78, 5) is 0. The third-order valence-corrected chi connectivity index (χ3v) is 3.35. The van der Waals surface area contributed by atoms with Crippen molar-refractivity contribution in [1.82, 2.24) is 0 Å². The molecule has 64 valence electrons. The van der Waals surface area contributed by atoms with Crippen LogP contribution in [0.25, 0.3) is 0 Å². The van der Waals surface area contributed by atoms with Crippen molar-refractivity contribution < 1.29 is 5.11 Å². The van der Waals surface area contributed by atoms with Gasteiger partial charge in [-0.15, -0.1) is 0 Å². The van der Waals surface area contributed by atoms with Gasteiger partial charge in [0.05, 0.1) is 5.60 Å². The molecule has 0 aromatic heterocycles. The molecule has 2 aliphatic carbocycles. The molecule has 0 atom stereocenters. The summed E-state index contributed by atoms with van der Waals surface area (Å²) in [5.41, 5.74) is 5.31. The molecule has 0 aromatic carbocycles. The molecule has 0 aliphatic heterocycles. The molecule has 2 nitrogen and oxygen atoms in total. The van der Waals surface area contributed by atoms with Crippen LogP contribution in [-0.4, -0.2) is 16.7 Å². The Kier molecular flexibility index (Phi) is 1.69. The minimum atomic E-state index is -0.351. The largest absolute Gasteiger partial charge is 0.389 e. The summed E-state index contributed by atoms with van der Waals surface area (Å²) < 4.78 is 0. The quantitative estimate of drug-likeness (QED) is 0.594. The predicted molar refractivity (Wildman–Crippen MR) is 44.1 cm³/mol. The van der Waals surface area contributed by atoms with Crippen molar-refractivity contribution in [2.45, 2.75) is 50.2 Å². The van der Waals surface area contributed by atoms with E-state index in [4.69, 9.17) is 5.73 Å². The Labute approximate surface area is 67.8 Å². The highest BCUT2D eigenvalue weighted by Crippen LogP contribution is 2.44. The van der Waals surface area contributed by atoms with Crippen molar-refractivity contribution in [2.24, 2.45) is 11.7 Å². The smallest absolute Gasteiger partial charge is 0.0705 e. The van der Waals surface area contributed by atoms with Crippen LogP contribution in [0.5, 0.6) is 0 Å². The molecule has 2 aliphatic rings. The van der Waals surface area contributed by atoms with Gasteiger partial charge < -0.3 is 10.8 Å². The number of hydrogen-bond acceptors (Lipinski definition) is 2. The third kappa shape index (κ3) is 1.18. The number of rotatable bonds is 1. The Morgan fingerprint density at radius 3 is 2.18 bits per heavy atom. The van der Waals surface area contributed by atoms with Gasteiger partial charge in [-0.2, -0.15) is 0 Å². The zero-order chi connectivity index (χ0) is 7.90. The van der Waals surface area contributed by atoms with Crippen LogP contribution >= 0.6 is 0 Å². The Balaban J connectivity index is 1.93. The number of hydrogen-bond donors (Lipinski definition) is 2. The van der Waals surface area contributed by atoms with Crippen molar-refractivity contribution in [1.29, 1.82) is 0 Å². The molecule has 0 aromatic rings. The summed E-state index contributed by atoms with van der Waals surface area (Å²) in [5.74, 6) is 0.572. The van der Waals surface area contributed by atoms with Crippen LogP contribution < -0.4 is 5.73 Å². The lowest BCUT2D eigenvalue weighted by atomic mass is 9.68. The first-order valence-corrected chi connectivity index (χ1v) is 4.69. The molecular weight excluding hydrogens is 138 g/mol. The van der Waals surface area contributed by atoms with Crippen molar-refractivity contribution in [3.8, 4) is 0 Å². The average Bonchev–Trinajstić information content (AvgIpc) is 2.34. The van der Waals surface area contributed by atoms with Crippen molar-refractivity contribution in [3.63, 3.8) is 0 Å². The molecule has 0 heterocycles. The van der Waals surface area contributed by atoms with Crippen molar-refractivity contribution >= 4 is 0 Å². The Morgan fingerprint density at radius 1 is 1.18 bits per heavy atom. The summed E-state index contributed by atoms with van der Waals surface area (Å²) in [6.45, 7) is 0. The molecule has 2 saturated carbocycles. The fourth-order valence-electron chi connectivity index (χ4n) is 2.64. The second kappa shape index (κ2) is 2.46. The molecule has 11 heavy (non-hydrogen) atoms. The van der Waals surface area contributed by atoms with Crippen LogP contribution in [0.2, 0.25) is 0 Å². The van der Waals surface area contributed by atoms with E-state index >= 15 is 0 Å². The fourth-order valence-corrected chi connectivity index (χ4v) is 2.64. The van der Waals surface area contributed by atoms with Gasteiger partial charge in [0.25, 0.3) is 0 Å². The summed E-state index contributed by atoms with van der Waals surface area (Å²) in [6.07, 6.45) is 6.76. The Bertz CT molecular complexity index is 146. The van der Waals surface area contributed by atoms with Crippen molar-refractivity contribution in [3.05, 3.63) is 0 Å². The second-order valence-electron chi connectivity index (χ2n) is 4.25. The Hall–Kier alpha value is -0.0800. The van der Waals surface area contributed by atoms with Crippen LogP contribution in [0.3, 0.4) is 0 Å². The lowest BCUT2D eigenvalue weighted by molar-refractivity contribution is -0.0923. The first-order valence-electron chi connectivity index (χ1n) is 4.69. The van der Waals surface area contributed by atoms with E-state index < -0.39 is 0 Å². The summed E-state index contributed by atoms with van der Waals surface area (Å²) >= 11 is 0. The molecular formula is C9H17NO. The van der Waals surface area contributed by atoms with E-state index in [0.717, 1.165) is 12.8 Å². The molecule has 0 amide bonds. The molecule has 0 bridgehead atoms. The van der Waals surface area contributed by atoms with Crippen LogP contribution in [0, 0.1) is 5.92 Å². The minimum absolute atomic E-state index is 0.278. The lowest BCUT2D eigenvalue weighted by Crippen LogP contribution is -2.55. The van der Waals surface area contributed by atoms with E-state index in [1.807, 2.05) is 0 Å². The van der Waals surface area contributed by atoms with Gasteiger partial charge in [0.15, 0.2) is 0 Å². The molecule has 0 radical (unpaired) electrons. The fraction of sp³-hybridized carbons (Fsp3) is 1.00. The highest BCUT2D eigenvalue weighted by atomic mass is 16.3. The number of nitrogens with two attached hydrogens (primary N) is 1. The van der Waals surface area contributed by atoms with E-state index in [9.17, 15) is 5.11 Å². The predicted octanol–water partition coefficient (Wildman–Crippen LogP) is 1.03. The van der Waals surface area contributed by atoms with Gasteiger partial charge in [-0.3, -0.25) is 0 Å². The Morgan fingerprint density at radius 2 is 1.73 bits per heavy atom. The van der Waals surface area contributed by atoms with Crippen LogP contribution in [0.4, 0.5) is 0 Å². The monoisotopic (exact) mass is 155 g/mol. The summed E-state index contributed by atoms with van der Waals surface area (Å²) in [7, 11) is 0. The number of aliphatic hydroxyl groups is 1. The van der Waals surface area contributed by atoms with Crippen LogP contribution in [-0.2, 0) is 0 Å². The molecule has 0 spiro atoms. The van der Waals surface area contributed by atoms with Crippen LogP contribution in [0.1, 0.15) is 38.5 Å². The first-order chi connectivity index (χ1) is 5.21. The topological polar surface area (TPSA) is 46.2 Å². The molecule has 0 unspecified atom stereocenters. The molecule has 2 heteroatoms. The lowest BCUT2D eigenvalue weighted by Gasteiger charge is -2.46. The summed E-state index contributed by atoms with van der Waals surface area (Å²) in [5, 5.41) is 10.0. The van der Waals surface area contributed by atoms with E-state index in [0.29, 0.717) is 5.92 Å².